The van der Waals surface area contributed by atoms with Crippen LogP contribution in [0.1, 0.15) is 5.82 Å². The highest BCUT2D eigenvalue weighted by Crippen LogP contribution is 2.01. The van der Waals surface area contributed by atoms with Crippen LogP contribution >= 0.6 is 22.6 Å². The lowest BCUT2D eigenvalue weighted by atomic mass is 10.4. The van der Waals surface area contributed by atoms with E-state index >= 15 is 0 Å². The van der Waals surface area contributed by atoms with Crippen molar-refractivity contribution < 1.29 is 0 Å². The van der Waals surface area contributed by atoms with E-state index in [1.807, 2.05) is 0 Å². The molecule has 78 valence electrons. The van der Waals surface area contributed by atoms with E-state index in [1.54, 1.807) is 34.6 Å². The largest absolute Gasteiger partial charge is 0.307 e. The highest BCUT2D eigenvalue weighted by molar-refractivity contribution is 14.1. The summed E-state index contributed by atoms with van der Waals surface area (Å²) in [5.74, 6) is 0.763. The minimum absolute atomic E-state index is 0.0292. The molecule has 6 heteroatoms. The Hall–Kier alpha value is -1.18. The first kappa shape index (κ1) is 10.3. The van der Waals surface area contributed by atoms with Crippen LogP contribution in [-0.2, 0) is 13.6 Å². The normalized spacial score (nSPS) is 10.5. The van der Waals surface area contributed by atoms with Gasteiger partial charge in [-0.1, -0.05) is 0 Å². The third-order valence-corrected chi connectivity index (χ3v) is 2.70. The summed E-state index contributed by atoms with van der Waals surface area (Å²) in [7, 11) is 1.81. The first-order valence-corrected chi connectivity index (χ1v) is 5.43. The van der Waals surface area contributed by atoms with Gasteiger partial charge < -0.3 is 4.57 Å². The summed E-state index contributed by atoms with van der Waals surface area (Å²) in [6, 6.07) is 3.34. The molecule has 0 aliphatic carbocycles. The van der Waals surface area contributed by atoms with Crippen molar-refractivity contribution in [1.29, 1.82) is 0 Å². The lowest BCUT2D eigenvalue weighted by molar-refractivity contribution is 0.640. The number of halogens is 1. The predicted molar refractivity (Wildman–Crippen MR) is 63.5 cm³/mol. The Morgan fingerprint density at radius 2 is 2.27 bits per heavy atom. The second-order valence-electron chi connectivity index (χ2n) is 3.11. The van der Waals surface area contributed by atoms with Gasteiger partial charge in [-0.25, -0.2) is 4.98 Å². The number of aromatic nitrogens is 4. The van der Waals surface area contributed by atoms with Crippen LogP contribution < -0.4 is 5.56 Å². The van der Waals surface area contributed by atoms with Crippen LogP contribution in [0.2, 0.25) is 0 Å². The molecule has 0 aliphatic rings. The molecule has 2 aromatic rings. The molecule has 0 bridgehead atoms. The quantitative estimate of drug-likeness (QED) is 0.764. The number of rotatable bonds is 2. The molecular formula is C9H9IN4O. The SMILES string of the molecule is Cn1ncnc1Cn1cc(I)ccc1=O. The van der Waals surface area contributed by atoms with Crippen molar-refractivity contribution in [2.24, 2.45) is 7.05 Å². The average molecular weight is 316 g/mol. The Morgan fingerprint density at radius 3 is 2.93 bits per heavy atom. The first-order valence-electron chi connectivity index (χ1n) is 4.35. The smallest absolute Gasteiger partial charge is 0.250 e. The van der Waals surface area contributed by atoms with Crippen molar-refractivity contribution in [3.05, 3.63) is 44.4 Å². The fourth-order valence-electron chi connectivity index (χ4n) is 1.24. The van der Waals surface area contributed by atoms with Gasteiger partial charge >= 0.3 is 0 Å². The Bertz CT molecular complexity index is 531. The fraction of sp³-hybridized carbons (Fsp3) is 0.222. The van der Waals surface area contributed by atoms with Gasteiger partial charge in [-0.3, -0.25) is 9.48 Å². The number of pyridine rings is 1. The van der Waals surface area contributed by atoms with Gasteiger partial charge in [-0.05, 0) is 28.7 Å². The highest BCUT2D eigenvalue weighted by Gasteiger charge is 2.03. The van der Waals surface area contributed by atoms with E-state index in [2.05, 4.69) is 32.7 Å². The molecule has 0 radical (unpaired) electrons. The molecule has 0 saturated carbocycles. The third-order valence-electron chi connectivity index (χ3n) is 2.06. The van der Waals surface area contributed by atoms with E-state index in [9.17, 15) is 4.79 Å². The summed E-state index contributed by atoms with van der Waals surface area (Å²) >= 11 is 2.17. The molecule has 5 nitrogen and oxygen atoms in total. The molecular weight excluding hydrogens is 307 g/mol. The maximum absolute atomic E-state index is 11.5. The molecule has 2 heterocycles. The van der Waals surface area contributed by atoms with Crippen LogP contribution in [0.25, 0.3) is 0 Å². The summed E-state index contributed by atoms with van der Waals surface area (Å²) < 4.78 is 4.30. The molecule has 0 aliphatic heterocycles. The summed E-state index contributed by atoms with van der Waals surface area (Å²) in [6.07, 6.45) is 3.28. The van der Waals surface area contributed by atoms with Crippen molar-refractivity contribution in [3.63, 3.8) is 0 Å². The van der Waals surface area contributed by atoms with Gasteiger partial charge in [0.1, 0.15) is 12.2 Å². The molecule has 2 aromatic heterocycles. The van der Waals surface area contributed by atoms with Crippen LogP contribution in [0.3, 0.4) is 0 Å². The maximum Gasteiger partial charge on any atom is 0.250 e. The van der Waals surface area contributed by atoms with Crippen LogP contribution in [0.4, 0.5) is 0 Å². The summed E-state index contributed by atoms with van der Waals surface area (Å²) in [5.41, 5.74) is -0.0292. The van der Waals surface area contributed by atoms with Crippen LogP contribution in [0.15, 0.2) is 29.5 Å². The minimum Gasteiger partial charge on any atom is -0.307 e. The van der Waals surface area contributed by atoms with Gasteiger partial charge in [-0.2, -0.15) is 5.10 Å². The summed E-state index contributed by atoms with van der Waals surface area (Å²) in [6.45, 7) is 0.451. The Labute approximate surface area is 99.9 Å². The molecule has 0 atom stereocenters. The Morgan fingerprint density at radius 1 is 1.47 bits per heavy atom. The monoisotopic (exact) mass is 316 g/mol. The lowest BCUT2D eigenvalue weighted by Gasteiger charge is -2.04. The Kier molecular flexibility index (Phi) is 2.85. The van der Waals surface area contributed by atoms with E-state index in [-0.39, 0.29) is 5.56 Å². The maximum atomic E-state index is 11.5. The van der Waals surface area contributed by atoms with E-state index in [4.69, 9.17) is 0 Å². The molecule has 15 heavy (non-hydrogen) atoms. The number of hydrogen-bond donors (Lipinski definition) is 0. The molecule has 0 aromatic carbocycles. The van der Waals surface area contributed by atoms with Gasteiger partial charge in [0.2, 0.25) is 0 Å². The second-order valence-corrected chi connectivity index (χ2v) is 4.36. The molecule has 0 N–H and O–H groups in total. The Balaban J connectivity index is 2.36. The highest BCUT2D eigenvalue weighted by atomic mass is 127. The van der Waals surface area contributed by atoms with Gasteiger partial charge in [-0.15, -0.1) is 0 Å². The van der Waals surface area contributed by atoms with Gasteiger partial charge in [0.05, 0.1) is 6.54 Å². The number of nitrogens with zero attached hydrogens (tertiary/aromatic N) is 4. The van der Waals surface area contributed by atoms with E-state index in [0.717, 1.165) is 9.39 Å². The van der Waals surface area contributed by atoms with Crippen molar-refractivity contribution in [1.82, 2.24) is 19.3 Å². The van der Waals surface area contributed by atoms with Crippen LogP contribution in [0, 0.1) is 3.57 Å². The molecule has 0 saturated heterocycles. The lowest BCUT2D eigenvalue weighted by Crippen LogP contribution is -2.21. The van der Waals surface area contributed by atoms with Gasteiger partial charge in [0.25, 0.3) is 5.56 Å². The number of hydrogen-bond acceptors (Lipinski definition) is 3. The molecule has 0 spiro atoms. The zero-order chi connectivity index (χ0) is 10.8. The fourth-order valence-corrected chi connectivity index (χ4v) is 1.76. The molecule has 2 rings (SSSR count). The molecule has 0 unspecified atom stereocenters. The summed E-state index contributed by atoms with van der Waals surface area (Å²) in [5, 5.41) is 3.95. The van der Waals surface area contributed by atoms with Crippen LogP contribution in [-0.4, -0.2) is 19.3 Å². The van der Waals surface area contributed by atoms with Crippen LogP contribution in [0.5, 0.6) is 0 Å². The van der Waals surface area contributed by atoms with Crippen molar-refractivity contribution in [2.75, 3.05) is 0 Å². The topological polar surface area (TPSA) is 52.7 Å². The predicted octanol–water partition coefficient (Wildman–Crippen LogP) is 0.630. The van der Waals surface area contributed by atoms with Crippen molar-refractivity contribution in [3.8, 4) is 0 Å². The summed E-state index contributed by atoms with van der Waals surface area (Å²) in [4.78, 5) is 15.6. The first-order chi connectivity index (χ1) is 7.16. The van der Waals surface area contributed by atoms with Crippen molar-refractivity contribution in [2.45, 2.75) is 6.54 Å². The second kappa shape index (κ2) is 4.13. The standard InChI is InChI=1S/C9H9IN4O/c1-13-8(11-6-12-13)5-14-4-7(10)2-3-9(14)15/h2-4,6H,5H2,1H3. The van der Waals surface area contributed by atoms with Crippen molar-refractivity contribution >= 4 is 22.6 Å². The third kappa shape index (κ3) is 2.25. The average Bonchev–Trinajstić information content (AvgIpc) is 2.58. The molecule has 0 amide bonds. The van der Waals surface area contributed by atoms with E-state index in [1.165, 1.54) is 6.33 Å². The van der Waals surface area contributed by atoms with Gasteiger partial charge in [0.15, 0.2) is 0 Å². The minimum atomic E-state index is -0.0292. The molecule has 0 fully saturated rings. The zero-order valence-electron chi connectivity index (χ0n) is 8.09. The van der Waals surface area contributed by atoms with Gasteiger partial charge in [0, 0.05) is 22.9 Å². The van der Waals surface area contributed by atoms with E-state index in [0.29, 0.717) is 6.54 Å². The number of aryl methyl sites for hydroxylation is 1. The zero-order valence-corrected chi connectivity index (χ0v) is 10.2. The van der Waals surface area contributed by atoms with E-state index < -0.39 is 0 Å².